The molecule has 1 aromatic rings. The molecule has 5 nitrogen and oxygen atoms in total. The number of aromatic nitrogens is 1. The number of likely N-dealkylation sites (N-methyl/N-ethyl adjacent to an activating group) is 1. The van der Waals surface area contributed by atoms with Crippen molar-refractivity contribution in [3.05, 3.63) is 30.1 Å². The van der Waals surface area contributed by atoms with E-state index >= 15 is 0 Å². The number of hydrogen-bond acceptors (Lipinski definition) is 4. The molecule has 0 aliphatic heterocycles. The summed E-state index contributed by atoms with van der Waals surface area (Å²) in [4.78, 5) is 19.6. The lowest BCUT2D eigenvalue weighted by Gasteiger charge is -2.27. The van der Waals surface area contributed by atoms with Gasteiger partial charge in [0.05, 0.1) is 5.69 Å². The SMILES string of the molecule is CN(C)C(=O)CC(CN)N(C)Cc1ccccn1. The molecular weight excluding hydrogens is 228 g/mol. The van der Waals surface area contributed by atoms with Gasteiger partial charge in [-0.05, 0) is 19.2 Å². The van der Waals surface area contributed by atoms with Gasteiger partial charge in [-0.15, -0.1) is 0 Å². The van der Waals surface area contributed by atoms with E-state index in [1.54, 1.807) is 25.2 Å². The molecule has 0 bridgehead atoms. The molecular formula is C13H22N4O. The van der Waals surface area contributed by atoms with E-state index in [1.165, 1.54) is 0 Å². The predicted molar refractivity (Wildman–Crippen MR) is 71.9 cm³/mol. The molecule has 1 heterocycles. The monoisotopic (exact) mass is 250 g/mol. The summed E-state index contributed by atoms with van der Waals surface area (Å²) in [7, 11) is 5.48. The van der Waals surface area contributed by atoms with E-state index in [-0.39, 0.29) is 11.9 Å². The summed E-state index contributed by atoms with van der Waals surface area (Å²) in [5.41, 5.74) is 6.73. The van der Waals surface area contributed by atoms with Crippen molar-refractivity contribution in [2.24, 2.45) is 5.73 Å². The van der Waals surface area contributed by atoms with Crippen molar-refractivity contribution < 1.29 is 4.79 Å². The summed E-state index contributed by atoms with van der Waals surface area (Å²) in [5.74, 6) is 0.0957. The van der Waals surface area contributed by atoms with Crippen molar-refractivity contribution in [2.75, 3.05) is 27.7 Å². The van der Waals surface area contributed by atoms with Crippen molar-refractivity contribution in [3.63, 3.8) is 0 Å². The van der Waals surface area contributed by atoms with Gasteiger partial charge in [0, 0.05) is 45.8 Å². The Morgan fingerprint density at radius 2 is 2.11 bits per heavy atom. The summed E-state index contributed by atoms with van der Waals surface area (Å²) < 4.78 is 0. The molecule has 0 spiro atoms. The van der Waals surface area contributed by atoms with Crippen molar-refractivity contribution in [3.8, 4) is 0 Å². The maximum Gasteiger partial charge on any atom is 0.223 e. The summed E-state index contributed by atoms with van der Waals surface area (Å²) in [6.07, 6.45) is 2.21. The van der Waals surface area contributed by atoms with Crippen LogP contribution < -0.4 is 5.73 Å². The fourth-order valence-corrected chi connectivity index (χ4v) is 1.68. The Balaban J connectivity index is 2.57. The molecule has 5 heteroatoms. The van der Waals surface area contributed by atoms with E-state index in [0.717, 1.165) is 5.69 Å². The van der Waals surface area contributed by atoms with E-state index in [4.69, 9.17) is 5.73 Å². The zero-order chi connectivity index (χ0) is 13.5. The molecule has 0 aromatic carbocycles. The van der Waals surface area contributed by atoms with Crippen molar-refractivity contribution in [2.45, 2.75) is 19.0 Å². The van der Waals surface area contributed by atoms with Crippen LogP contribution in [0.4, 0.5) is 0 Å². The van der Waals surface area contributed by atoms with Crippen LogP contribution in [0.1, 0.15) is 12.1 Å². The quantitative estimate of drug-likeness (QED) is 0.790. The summed E-state index contributed by atoms with van der Waals surface area (Å²) >= 11 is 0. The minimum absolute atomic E-state index is 0.0434. The van der Waals surface area contributed by atoms with Gasteiger partial charge in [0.2, 0.25) is 5.91 Å². The van der Waals surface area contributed by atoms with Gasteiger partial charge in [-0.1, -0.05) is 6.07 Å². The third-order valence-electron chi connectivity index (χ3n) is 2.94. The molecule has 0 aliphatic rings. The smallest absolute Gasteiger partial charge is 0.223 e. The first-order valence-corrected chi connectivity index (χ1v) is 6.05. The Morgan fingerprint density at radius 1 is 1.39 bits per heavy atom. The highest BCUT2D eigenvalue weighted by molar-refractivity contribution is 5.76. The number of nitrogens with zero attached hydrogens (tertiary/aromatic N) is 3. The molecule has 100 valence electrons. The molecule has 2 N–H and O–H groups in total. The molecule has 0 fully saturated rings. The van der Waals surface area contributed by atoms with Gasteiger partial charge in [0.25, 0.3) is 0 Å². The van der Waals surface area contributed by atoms with Crippen LogP contribution in [0.5, 0.6) is 0 Å². The molecule has 1 amide bonds. The zero-order valence-corrected chi connectivity index (χ0v) is 11.3. The fraction of sp³-hybridized carbons (Fsp3) is 0.538. The highest BCUT2D eigenvalue weighted by atomic mass is 16.2. The summed E-state index contributed by atoms with van der Waals surface area (Å²) in [6, 6.07) is 5.86. The fourth-order valence-electron chi connectivity index (χ4n) is 1.68. The minimum Gasteiger partial charge on any atom is -0.349 e. The normalized spacial score (nSPS) is 12.5. The number of carbonyl (C=O) groups excluding carboxylic acids is 1. The highest BCUT2D eigenvalue weighted by Crippen LogP contribution is 2.07. The first kappa shape index (κ1) is 14.6. The Labute approximate surface area is 109 Å². The summed E-state index contributed by atoms with van der Waals surface area (Å²) in [6.45, 7) is 1.16. The molecule has 18 heavy (non-hydrogen) atoms. The van der Waals surface area contributed by atoms with Gasteiger partial charge in [-0.3, -0.25) is 14.7 Å². The van der Waals surface area contributed by atoms with Gasteiger partial charge in [0.15, 0.2) is 0 Å². The second-order valence-electron chi connectivity index (χ2n) is 4.62. The molecule has 1 rings (SSSR count). The molecule has 0 radical (unpaired) electrons. The van der Waals surface area contributed by atoms with Crippen LogP contribution in [0, 0.1) is 0 Å². The van der Waals surface area contributed by atoms with E-state index < -0.39 is 0 Å². The van der Waals surface area contributed by atoms with Gasteiger partial charge in [-0.25, -0.2) is 0 Å². The largest absolute Gasteiger partial charge is 0.349 e. The number of hydrogen-bond donors (Lipinski definition) is 1. The van der Waals surface area contributed by atoms with Crippen molar-refractivity contribution in [1.82, 2.24) is 14.8 Å². The molecule has 0 saturated carbocycles. The number of nitrogens with two attached hydrogens (primary N) is 1. The second-order valence-corrected chi connectivity index (χ2v) is 4.62. The first-order valence-electron chi connectivity index (χ1n) is 6.05. The lowest BCUT2D eigenvalue weighted by atomic mass is 10.1. The van der Waals surface area contributed by atoms with E-state index in [1.807, 2.05) is 25.2 Å². The second kappa shape index (κ2) is 7.08. The highest BCUT2D eigenvalue weighted by Gasteiger charge is 2.18. The molecule has 1 atom stereocenters. The third kappa shape index (κ3) is 4.43. The average molecular weight is 250 g/mol. The van der Waals surface area contributed by atoms with Gasteiger partial charge in [-0.2, -0.15) is 0 Å². The Kier molecular flexibility index (Phi) is 5.74. The number of rotatable bonds is 6. The molecule has 1 unspecified atom stereocenters. The van der Waals surface area contributed by atoms with Gasteiger partial charge < -0.3 is 10.6 Å². The standard InChI is InChI=1S/C13H22N4O/c1-16(2)13(18)8-12(9-14)17(3)10-11-6-4-5-7-15-11/h4-7,12H,8-10,14H2,1-3H3. The van der Waals surface area contributed by atoms with Gasteiger partial charge >= 0.3 is 0 Å². The molecule has 0 saturated heterocycles. The lowest BCUT2D eigenvalue weighted by molar-refractivity contribution is -0.129. The first-order chi connectivity index (χ1) is 8.54. The summed E-state index contributed by atoms with van der Waals surface area (Å²) in [5, 5.41) is 0. The molecule has 1 aromatic heterocycles. The van der Waals surface area contributed by atoms with Crippen LogP contribution in [0.3, 0.4) is 0 Å². The predicted octanol–water partition coefficient (Wildman–Crippen LogP) is 0.319. The van der Waals surface area contributed by atoms with Crippen LogP contribution in [-0.2, 0) is 11.3 Å². The van der Waals surface area contributed by atoms with E-state index in [2.05, 4.69) is 9.88 Å². The minimum atomic E-state index is 0.0434. The Bertz CT molecular complexity index is 367. The number of pyridine rings is 1. The zero-order valence-electron chi connectivity index (χ0n) is 11.3. The maximum absolute atomic E-state index is 11.7. The topological polar surface area (TPSA) is 62.5 Å². The van der Waals surface area contributed by atoms with Gasteiger partial charge in [0.1, 0.15) is 0 Å². The lowest BCUT2D eigenvalue weighted by Crippen LogP contribution is -2.41. The van der Waals surface area contributed by atoms with Crippen LogP contribution in [0.2, 0.25) is 0 Å². The third-order valence-corrected chi connectivity index (χ3v) is 2.94. The van der Waals surface area contributed by atoms with Crippen LogP contribution in [0.25, 0.3) is 0 Å². The average Bonchev–Trinajstić information content (AvgIpc) is 2.36. The Hall–Kier alpha value is -1.46. The molecule has 0 aliphatic carbocycles. The van der Waals surface area contributed by atoms with Crippen LogP contribution >= 0.6 is 0 Å². The van der Waals surface area contributed by atoms with E-state index in [9.17, 15) is 4.79 Å². The van der Waals surface area contributed by atoms with Crippen LogP contribution in [0.15, 0.2) is 24.4 Å². The maximum atomic E-state index is 11.7. The van der Waals surface area contributed by atoms with Crippen LogP contribution in [-0.4, -0.2) is 54.4 Å². The van der Waals surface area contributed by atoms with Crippen molar-refractivity contribution >= 4 is 5.91 Å². The number of amides is 1. The van der Waals surface area contributed by atoms with Crippen molar-refractivity contribution in [1.29, 1.82) is 0 Å². The number of carbonyl (C=O) groups is 1. The van der Waals surface area contributed by atoms with E-state index in [0.29, 0.717) is 19.5 Å². The Morgan fingerprint density at radius 3 is 2.61 bits per heavy atom.